The SMILES string of the molecule is CCC(=O)CCCCC[C@H](NC(=O)C12CCN(CC1)CC2)c1ncc(-c2cc(OC)c3ccccc3n2)[nH]1. The van der Waals surface area contributed by atoms with Crippen molar-refractivity contribution < 1.29 is 14.3 Å². The van der Waals surface area contributed by atoms with E-state index in [1.807, 2.05) is 37.3 Å². The zero-order valence-electron chi connectivity index (χ0n) is 22.6. The molecule has 3 fully saturated rings. The number of aromatic nitrogens is 3. The number of imidazole rings is 1. The van der Waals surface area contributed by atoms with Crippen LogP contribution in [0.15, 0.2) is 36.5 Å². The van der Waals surface area contributed by atoms with Gasteiger partial charge in [-0.15, -0.1) is 0 Å². The zero-order chi connectivity index (χ0) is 26.5. The molecule has 3 aliphatic rings. The maximum atomic E-state index is 13.6. The second-order valence-corrected chi connectivity index (χ2v) is 10.8. The van der Waals surface area contributed by atoms with Crippen molar-refractivity contribution in [2.75, 3.05) is 26.7 Å². The lowest BCUT2D eigenvalue weighted by Gasteiger charge is -2.47. The molecule has 8 nitrogen and oxygen atoms in total. The number of rotatable bonds is 12. The number of nitrogens with zero attached hydrogens (tertiary/aromatic N) is 3. The summed E-state index contributed by atoms with van der Waals surface area (Å²) in [6.07, 6.45) is 9.33. The van der Waals surface area contributed by atoms with Gasteiger partial charge in [0.2, 0.25) is 5.91 Å². The molecule has 8 heteroatoms. The fourth-order valence-corrected chi connectivity index (χ4v) is 5.87. The van der Waals surface area contributed by atoms with Gasteiger partial charge in [-0.05, 0) is 63.9 Å². The topological polar surface area (TPSA) is 100 Å². The molecule has 3 aliphatic heterocycles. The van der Waals surface area contributed by atoms with E-state index in [4.69, 9.17) is 14.7 Å². The van der Waals surface area contributed by atoms with Crippen LogP contribution in [0.5, 0.6) is 5.75 Å². The van der Waals surface area contributed by atoms with Crippen molar-refractivity contribution in [2.45, 2.75) is 70.8 Å². The molecule has 0 aliphatic carbocycles. The minimum absolute atomic E-state index is 0.159. The number of ether oxygens (including phenoxy) is 1. The van der Waals surface area contributed by atoms with Crippen molar-refractivity contribution >= 4 is 22.6 Å². The predicted octanol–water partition coefficient (Wildman–Crippen LogP) is 5.21. The van der Waals surface area contributed by atoms with E-state index in [0.29, 0.717) is 18.6 Å². The summed E-state index contributed by atoms with van der Waals surface area (Å²) in [5, 5.41) is 4.35. The smallest absolute Gasteiger partial charge is 0.226 e. The van der Waals surface area contributed by atoms with E-state index >= 15 is 0 Å². The van der Waals surface area contributed by atoms with Gasteiger partial charge in [-0.3, -0.25) is 9.59 Å². The van der Waals surface area contributed by atoms with Crippen LogP contribution in [0.2, 0.25) is 0 Å². The Labute approximate surface area is 224 Å². The molecule has 3 aromatic rings. The Bertz CT molecular complexity index is 1260. The molecule has 2 N–H and O–H groups in total. The number of piperidine rings is 3. The Morgan fingerprint density at radius 1 is 1.13 bits per heavy atom. The number of Topliss-reactive ketones (excluding diaryl/α,β-unsaturated/α-hetero) is 1. The second-order valence-electron chi connectivity index (χ2n) is 10.8. The van der Waals surface area contributed by atoms with Gasteiger partial charge in [-0.2, -0.15) is 0 Å². The third kappa shape index (κ3) is 5.60. The molecule has 6 rings (SSSR count). The zero-order valence-corrected chi connectivity index (χ0v) is 22.6. The number of unbranched alkanes of at least 4 members (excludes halogenated alkanes) is 2. The summed E-state index contributed by atoms with van der Waals surface area (Å²) in [7, 11) is 1.67. The molecule has 202 valence electrons. The van der Waals surface area contributed by atoms with Gasteiger partial charge in [-0.1, -0.05) is 31.9 Å². The van der Waals surface area contributed by atoms with Crippen molar-refractivity contribution in [3.8, 4) is 17.1 Å². The van der Waals surface area contributed by atoms with Crippen LogP contribution in [0, 0.1) is 5.41 Å². The molecule has 3 saturated heterocycles. The van der Waals surface area contributed by atoms with Gasteiger partial charge >= 0.3 is 0 Å². The lowest BCUT2D eigenvalue weighted by Crippen LogP contribution is -2.55. The van der Waals surface area contributed by atoms with Crippen LogP contribution in [-0.4, -0.2) is 58.3 Å². The van der Waals surface area contributed by atoms with Crippen molar-refractivity contribution in [1.82, 2.24) is 25.2 Å². The molecule has 2 bridgehead atoms. The number of aromatic amines is 1. The molecule has 1 atom stereocenters. The minimum atomic E-state index is -0.261. The average molecular weight is 518 g/mol. The van der Waals surface area contributed by atoms with E-state index in [0.717, 1.165) is 98.4 Å². The Morgan fingerprint density at radius 3 is 2.63 bits per heavy atom. The molecule has 0 unspecified atom stereocenters. The number of hydrogen-bond donors (Lipinski definition) is 2. The number of para-hydroxylation sites is 1. The molecule has 1 amide bonds. The maximum absolute atomic E-state index is 13.6. The Kier molecular flexibility index (Phi) is 8.07. The maximum Gasteiger partial charge on any atom is 0.226 e. The van der Waals surface area contributed by atoms with Crippen LogP contribution >= 0.6 is 0 Å². The first-order valence-corrected chi connectivity index (χ1v) is 14.1. The standard InChI is InChI=1S/C30H39N5O3/c1-3-21(36)9-5-4-6-12-24(34-29(37)30-13-16-35(17-14-30)18-15-30)28-31-20-26(33-28)25-19-27(38-2)22-10-7-8-11-23(22)32-25/h7-8,10-11,19-20,24H,3-6,9,12-18H2,1-2H3,(H,31,33)(H,34,37)/t24-/m0/s1. The summed E-state index contributed by atoms with van der Waals surface area (Å²) < 4.78 is 5.63. The number of fused-ring (bicyclic) bond motifs is 4. The largest absolute Gasteiger partial charge is 0.496 e. The van der Waals surface area contributed by atoms with Crippen LogP contribution in [0.4, 0.5) is 0 Å². The number of amides is 1. The summed E-state index contributed by atoms with van der Waals surface area (Å²) in [5.41, 5.74) is 2.14. The molecular weight excluding hydrogens is 478 g/mol. The van der Waals surface area contributed by atoms with Crippen molar-refractivity contribution in [2.24, 2.45) is 5.41 Å². The van der Waals surface area contributed by atoms with E-state index in [9.17, 15) is 9.59 Å². The first-order valence-electron chi connectivity index (χ1n) is 14.1. The van der Waals surface area contributed by atoms with E-state index in [2.05, 4.69) is 15.2 Å². The van der Waals surface area contributed by atoms with E-state index in [-0.39, 0.29) is 17.4 Å². The number of ketones is 1. The number of carbonyl (C=O) groups is 2. The lowest BCUT2D eigenvalue weighted by molar-refractivity contribution is -0.139. The number of nitrogens with one attached hydrogen (secondary N) is 2. The molecule has 0 radical (unpaired) electrons. The highest BCUT2D eigenvalue weighted by molar-refractivity contribution is 5.87. The van der Waals surface area contributed by atoms with Gasteiger partial charge < -0.3 is 19.9 Å². The summed E-state index contributed by atoms with van der Waals surface area (Å²) in [4.78, 5) is 40.8. The summed E-state index contributed by atoms with van der Waals surface area (Å²) in [6.45, 7) is 4.93. The van der Waals surface area contributed by atoms with Gasteiger partial charge in [0.15, 0.2) is 0 Å². The van der Waals surface area contributed by atoms with Crippen LogP contribution in [0.25, 0.3) is 22.3 Å². The Morgan fingerprint density at radius 2 is 1.89 bits per heavy atom. The first-order chi connectivity index (χ1) is 18.5. The molecule has 2 aromatic heterocycles. The van der Waals surface area contributed by atoms with E-state index < -0.39 is 0 Å². The predicted molar refractivity (Wildman–Crippen MR) is 148 cm³/mol. The van der Waals surface area contributed by atoms with Crippen LogP contribution < -0.4 is 10.1 Å². The fourth-order valence-electron chi connectivity index (χ4n) is 5.87. The number of hydrogen-bond acceptors (Lipinski definition) is 6. The van der Waals surface area contributed by atoms with Crippen LogP contribution in [0.3, 0.4) is 0 Å². The summed E-state index contributed by atoms with van der Waals surface area (Å²) >= 11 is 0. The van der Waals surface area contributed by atoms with E-state index in [1.54, 1.807) is 13.3 Å². The van der Waals surface area contributed by atoms with E-state index in [1.165, 1.54) is 0 Å². The van der Waals surface area contributed by atoms with Gasteiger partial charge in [0.05, 0.1) is 41.7 Å². The van der Waals surface area contributed by atoms with Crippen molar-refractivity contribution in [3.05, 3.63) is 42.4 Å². The third-order valence-corrected chi connectivity index (χ3v) is 8.45. The third-order valence-electron chi connectivity index (χ3n) is 8.45. The fraction of sp³-hybridized carbons (Fsp3) is 0.533. The van der Waals surface area contributed by atoms with Gasteiger partial charge in [-0.25, -0.2) is 9.97 Å². The number of carbonyl (C=O) groups excluding carboxylic acids is 2. The summed E-state index contributed by atoms with van der Waals surface area (Å²) in [6, 6.07) is 9.62. The first kappa shape index (κ1) is 26.4. The average Bonchev–Trinajstić information content (AvgIpc) is 3.47. The molecule has 38 heavy (non-hydrogen) atoms. The number of H-pyrrole nitrogens is 1. The molecule has 5 heterocycles. The van der Waals surface area contributed by atoms with Crippen LogP contribution in [0.1, 0.15) is 76.6 Å². The number of methoxy groups -OCH3 is 1. The summed E-state index contributed by atoms with van der Waals surface area (Å²) in [5.74, 6) is 1.98. The van der Waals surface area contributed by atoms with Gasteiger partial charge in [0, 0.05) is 24.3 Å². The number of pyridine rings is 1. The van der Waals surface area contributed by atoms with Crippen molar-refractivity contribution in [1.29, 1.82) is 0 Å². The number of benzene rings is 1. The highest BCUT2D eigenvalue weighted by atomic mass is 16.5. The Hall–Kier alpha value is -3.26. The van der Waals surface area contributed by atoms with Gasteiger partial charge in [0.25, 0.3) is 0 Å². The molecule has 0 spiro atoms. The molecular formula is C30H39N5O3. The van der Waals surface area contributed by atoms with Crippen molar-refractivity contribution in [3.63, 3.8) is 0 Å². The second kappa shape index (κ2) is 11.6. The molecule has 1 aromatic carbocycles. The highest BCUT2D eigenvalue weighted by Crippen LogP contribution is 2.41. The minimum Gasteiger partial charge on any atom is -0.496 e. The quantitative estimate of drug-likeness (QED) is 0.320. The monoisotopic (exact) mass is 517 g/mol. The van der Waals surface area contributed by atoms with Crippen LogP contribution in [-0.2, 0) is 9.59 Å². The lowest BCUT2D eigenvalue weighted by atomic mass is 9.71. The normalized spacial score (nSPS) is 21.4. The molecule has 0 saturated carbocycles. The highest BCUT2D eigenvalue weighted by Gasteiger charge is 2.45. The Balaban J connectivity index is 1.35. The van der Waals surface area contributed by atoms with Gasteiger partial charge in [0.1, 0.15) is 17.4 Å².